The molecule has 0 fully saturated rings. The first-order valence-corrected chi connectivity index (χ1v) is 9.10. The molecule has 0 radical (unpaired) electrons. The van der Waals surface area contributed by atoms with E-state index >= 15 is 0 Å². The topological polar surface area (TPSA) is 83.5 Å². The average Bonchev–Trinajstić information content (AvgIpc) is 3.11. The zero-order valence-corrected chi connectivity index (χ0v) is 15.7. The Balaban J connectivity index is 1.67. The van der Waals surface area contributed by atoms with Crippen molar-refractivity contribution in [1.29, 1.82) is 0 Å². The number of benzene rings is 2. The molecule has 1 heterocycles. The molecule has 1 aromatic heterocycles. The summed E-state index contributed by atoms with van der Waals surface area (Å²) in [6.07, 6.45) is 1.79. The SMILES string of the molecule is C/N=C/c1ccc(-c2csc(NC(=O)c3ccc(NC(C)=O)cc3)n2)cc1. The quantitative estimate of drug-likeness (QED) is 0.657. The molecule has 0 aliphatic heterocycles. The van der Waals surface area contributed by atoms with Gasteiger partial charge in [-0.3, -0.25) is 19.9 Å². The molecule has 0 bridgehead atoms. The summed E-state index contributed by atoms with van der Waals surface area (Å²) in [6.45, 7) is 1.44. The van der Waals surface area contributed by atoms with E-state index in [9.17, 15) is 9.59 Å². The molecule has 7 heteroatoms. The van der Waals surface area contributed by atoms with Gasteiger partial charge in [-0.1, -0.05) is 24.3 Å². The number of hydrogen-bond donors (Lipinski definition) is 2. The lowest BCUT2D eigenvalue weighted by Crippen LogP contribution is -2.12. The highest BCUT2D eigenvalue weighted by Crippen LogP contribution is 2.25. The number of aromatic nitrogens is 1. The molecular formula is C20H18N4O2S. The fraction of sp³-hybridized carbons (Fsp3) is 0.100. The zero-order chi connectivity index (χ0) is 19.2. The molecular weight excluding hydrogens is 360 g/mol. The molecule has 2 amide bonds. The van der Waals surface area contributed by atoms with Gasteiger partial charge in [0.05, 0.1) is 5.69 Å². The molecule has 3 rings (SSSR count). The first kappa shape index (κ1) is 18.5. The Morgan fingerprint density at radius 3 is 2.37 bits per heavy atom. The predicted molar refractivity (Wildman–Crippen MR) is 110 cm³/mol. The molecule has 3 aromatic rings. The smallest absolute Gasteiger partial charge is 0.257 e. The third kappa shape index (κ3) is 4.86. The van der Waals surface area contributed by atoms with E-state index in [1.807, 2.05) is 29.6 Å². The lowest BCUT2D eigenvalue weighted by Gasteiger charge is -2.04. The number of carbonyl (C=O) groups excluding carboxylic acids is 2. The van der Waals surface area contributed by atoms with Crippen LogP contribution in [0.2, 0.25) is 0 Å². The minimum atomic E-state index is -0.250. The van der Waals surface area contributed by atoms with Gasteiger partial charge in [-0.15, -0.1) is 11.3 Å². The second-order valence-electron chi connectivity index (χ2n) is 5.76. The van der Waals surface area contributed by atoms with Gasteiger partial charge in [-0.25, -0.2) is 4.98 Å². The molecule has 6 nitrogen and oxygen atoms in total. The minimum Gasteiger partial charge on any atom is -0.326 e. The minimum absolute atomic E-state index is 0.155. The van der Waals surface area contributed by atoms with E-state index in [0.29, 0.717) is 16.4 Å². The molecule has 2 N–H and O–H groups in total. The zero-order valence-electron chi connectivity index (χ0n) is 14.9. The predicted octanol–water partition coefficient (Wildman–Crippen LogP) is 4.07. The fourth-order valence-electron chi connectivity index (χ4n) is 2.43. The van der Waals surface area contributed by atoms with E-state index < -0.39 is 0 Å². The van der Waals surface area contributed by atoms with Crippen LogP contribution in [0.4, 0.5) is 10.8 Å². The van der Waals surface area contributed by atoms with Crippen LogP contribution in [-0.2, 0) is 4.79 Å². The summed E-state index contributed by atoms with van der Waals surface area (Å²) in [5.74, 6) is -0.405. The van der Waals surface area contributed by atoms with E-state index in [1.54, 1.807) is 37.5 Å². The van der Waals surface area contributed by atoms with Crippen molar-refractivity contribution >= 4 is 40.2 Å². The third-order valence-corrected chi connectivity index (χ3v) is 4.43. The summed E-state index contributed by atoms with van der Waals surface area (Å²) in [6, 6.07) is 14.6. The summed E-state index contributed by atoms with van der Waals surface area (Å²) >= 11 is 1.37. The Kier molecular flexibility index (Phi) is 5.73. The lowest BCUT2D eigenvalue weighted by molar-refractivity contribution is -0.114. The van der Waals surface area contributed by atoms with Crippen LogP contribution >= 0.6 is 11.3 Å². The van der Waals surface area contributed by atoms with E-state index in [2.05, 4.69) is 20.6 Å². The largest absolute Gasteiger partial charge is 0.326 e. The van der Waals surface area contributed by atoms with Crippen molar-refractivity contribution < 1.29 is 9.59 Å². The Morgan fingerprint density at radius 2 is 1.74 bits per heavy atom. The maximum Gasteiger partial charge on any atom is 0.257 e. The molecule has 0 spiro atoms. The maximum absolute atomic E-state index is 12.4. The fourth-order valence-corrected chi connectivity index (χ4v) is 3.14. The van der Waals surface area contributed by atoms with Crippen molar-refractivity contribution in [2.45, 2.75) is 6.92 Å². The highest BCUT2D eigenvalue weighted by atomic mass is 32.1. The maximum atomic E-state index is 12.4. The Hall–Kier alpha value is -3.32. The summed E-state index contributed by atoms with van der Waals surface area (Å²) in [7, 11) is 1.73. The third-order valence-electron chi connectivity index (χ3n) is 3.68. The molecule has 0 saturated heterocycles. The molecule has 0 unspecified atom stereocenters. The highest BCUT2D eigenvalue weighted by Gasteiger charge is 2.10. The molecule has 136 valence electrons. The Morgan fingerprint density at radius 1 is 1.04 bits per heavy atom. The Bertz CT molecular complexity index is 976. The van der Waals surface area contributed by atoms with Crippen molar-refractivity contribution in [2.24, 2.45) is 4.99 Å². The molecule has 0 aliphatic carbocycles. The molecule has 0 aliphatic rings. The number of thiazole rings is 1. The average molecular weight is 378 g/mol. The van der Waals surface area contributed by atoms with E-state index in [4.69, 9.17) is 0 Å². The van der Waals surface area contributed by atoms with Crippen LogP contribution in [0.25, 0.3) is 11.3 Å². The van der Waals surface area contributed by atoms with Gasteiger partial charge in [0.2, 0.25) is 5.91 Å². The number of carbonyl (C=O) groups is 2. The lowest BCUT2D eigenvalue weighted by atomic mass is 10.1. The van der Waals surface area contributed by atoms with Crippen molar-refractivity contribution in [3.05, 3.63) is 65.0 Å². The van der Waals surface area contributed by atoms with Gasteiger partial charge in [-0.2, -0.15) is 0 Å². The normalized spacial score (nSPS) is 10.7. The monoisotopic (exact) mass is 378 g/mol. The molecule has 2 aromatic carbocycles. The van der Waals surface area contributed by atoms with Crippen LogP contribution in [-0.4, -0.2) is 30.1 Å². The van der Waals surface area contributed by atoms with Crippen LogP contribution in [0, 0.1) is 0 Å². The van der Waals surface area contributed by atoms with E-state index in [0.717, 1.165) is 16.8 Å². The standard InChI is InChI=1S/C20H18N4O2S/c1-13(25)22-17-9-7-16(8-10-17)19(26)24-20-23-18(12-27-20)15-5-3-14(4-6-15)11-21-2/h3-12H,1-2H3,(H,22,25)(H,23,24,26)/b21-11+. The van der Waals surface area contributed by atoms with Crippen molar-refractivity contribution in [2.75, 3.05) is 17.7 Å². The van der Waals surface area contributed by atoms with Crippen LogP contribution in [0.3, 0.4) is 0 Å². The van der Waals surface area contributed by atoms with Gasteiger partial charge in [0.25, 0.3) is 5.91 Å². The van der Waals surface area contributed by atoms with Crippen molar-refractivity contribution in [1.82, 2.24) is 4.98 Å². The second kappa shape index (κ2) is 8.37. The number of amides is 2. The van der Waals surface area contributed by atoms with Gasteiger partial charge >= 0.3 is 0 Å². The van der Waals surface area contributed by atoms with Crippen LogP contribution < -0.4 is 10.6 Å². The number of nitrogens with one attached hydrogen (secondary N) is 2. The van der Waals surface area contributed by atoms with E-state index in [-0.39, 0.29) is 11.8 Å². The Labute approximate surface area is 161 Å². The number of nitrogens with zero attached hydrogens (tertiary/aromatic N) is 2. The van der Waals surface area contributed by atoms with Gasteiger partial charge in [0.15, 0.2) is 5.13 Å². The van der Waals surface area contributed by atoms with Crippen LogP contribution in [0.15, 0.2) is 58.9 Å². The number of anilines is 2. The van der Waals surface area contributed by atoms with Gasteiger partial charge in [0, 0.05) is 42.4 Å². The highest BCUT2D eigenvalue weighted by molar-refractivity contribution is 7.14. The van der Waals surface area contributed by atoms with Crippen molar-refractivity contribution in [3.8, 4) is 11.3 Å². The number of rotatable bonds is 5. The first-order valence-electron chi connectivity index (χ1n) is 8.22. The van der Waals surface area contributed by atoms with Crippen LogP contribution in [0.1, 0.15) is 22.8 Å². The summed E-state index contributed by atoms with van der Waals surface area (Å²) in [4.78, 5) is 31.9. The second-order valence-corrected chi connectivity index (χ2v) is 6.62. The molecule has 27 heavy (non-hydrogen) atoms. The van der Waals surface area contributed by atoms with E-state index in [1.165, 1.54) is 18.3 Å². The van der Waals surface area contributed by atoms with Gasteiger partial charge in [-0.05, 0) is 29.8 Å². The number of aliphatic imine (C=N–C) groups is 1. The summed E-state index contributed by atoms with van der Waals surface area (Å²) in [5, 5.41) is 7.89. The van der Waals surface area contributed by atoms with Crippen LogP contribution in [0.5, 0.6) is 0 Å². The van der Waals surface area contributed by atoms with Gasteiger partial charge in [0.1, 0.15) is 0 Å². The van der Waals surface area contributed by atoms with Gasteiger partial charge < -0.3 is 5.32 Å². The number of hydrogen-bond acceptors (Lipinski definition) is 5. The molecule has 0 atom stereocenters. The molecule has 0 saturated carbocycles. The first-order chi connectivity index (χ1) is 13.0. The summed E-state index contributed by atoms with van der Waals surface area (Å²) < 4.78 is 0. The summed E-state index contributed by atoms with van der Waals surface area (Å²) in [5.41, 5.74) is 3.93. The van der Waals surface area contributed by atoms with Crippen molar-refractivity contribution in [3.63, 3.8) is 0 Å².